The van der Waals surface area contributed by atoms with Crippen molar-refractivity contribution in [2.45, 2.75) is 20.4 Å². The maximum Gasteiger partial charge on any atom is 0.348 e. The van der Waals surface area contributed by atoms with Crippen LogP contribution in [0.2, 0.25) is 5.15 Å². The summed E-state index contributed by atoms with van der Waals surface area (Å²) in [5.74, 6) is 0. The summed E-state index contributed by atoms with van der Waals surface area (Å²) in [4.78, 5) is 19.8. The van der Waals surface area contributed by atoms with Gasteiger partial charge in [0, 0.05) is 11.9 Å². The molecule has 0 radical (unpaired) electrons. The Bertz CT molecular complexity index is 637. The monoisotopic (exact) mass is 327 g/mol. The molecule has 0 fully saturated rings. The van der Waals surface area contributed by atoms with Gasteiger partial charge in [-0.15, -0.1) is 0 Å². The second-order valence-corrected chi connectivity index (χ2v) is 5.13. The zero-order valence-corrected chi connectivity index (χ0v) is 12.3. The Hall–Kier alpha value is -1.20. The lowest BCUT2D eigenvalue weighted by molar-refractivity contribution is 0.687. The van der Waals surface area contributed by atoms with Crippen LogP contribution in [-0.2, 0) is 6.54 Å². The maximum atomic E-state index is 11.9. The van der Waals surface area contributed by atoms with Gasteiger partial charge in [-0.3, -0.25) is 4.57 Å². The molecular weight excluding hydrogens is 318 g/mol. The molecule has 18 heavy (non-hydrogen) atoms. The average molecular weight is 329 g/mol. The fourth-order valence-electron chi connectivity index (χ4n) is 1.65. The Morgan fingerprint density at radius 1 is 1.39 bits per heavy atom. The number of nitrogens with zero attached hydrogens (tertiary/aromatic N) is 3. The van der Waals surface area contributed by atoms with E-state index < -0.39 is 0 Å². The Morgan fingerprint density at radius 3 is 2.72 bits per heavy atom. The molecule has 0 atom stereocenters. The number of aromatic nitrogens is 3. The summed E-state index contributed by atoms with van der Waals surface area (Å²) in [5.41, 5.74) is 2.19. The van der Waals surface area contributed by atoms with E-state index in [-0.39, 0.29) is 5.69 Å². The first-order valence-electron chi connectivity index (χ1n) is 5.33. The topological polar surface area (TPSA) is 47.8 Å². The lowest BCUT2D eigenvalue weighted by Crippen LogP contribution is -2.26. The van der Waals surface area contributed by atoms with Gasteiger partial charge in [0.25, 0.3) is 0 Å². The van der Waals surface area contributed by atoms with Gasteiger partial charge in [0.2, 0.25) is 0 Å². The molecular formula is C12H11BrClN3O. The average Bonchev–Trinajstić information content (AvgIpc) is 2.34. The van der Waals surface area contributed by atoms with Crippen LogP contribution in [0.3, 0.4) is 0 Å². The molecule has 0 saturated heterocycles. The summed E-state index contributed by atoms with van der Waals surface area (Å²) >= 11 is 9.15. The van der Waals surface area contributed by atoms with E-state index in [4.69, 9.17) is 11.6 Å². The van der Waals surface area contributed by atoms with Crippen molar-refractivity contribution in [2.24, 2.45) is 0 Å². The molecule has 0 N–H and O–H groups in total. The van der Waals surface area contributed by atoms with Crippen molar-refractivity contribution in [3.63, 3.8) is 0 Å². The van der Waals surface area contributed by atoms with E-state index in [0.29, 0.717) is 17.4 Å². The largest absolute Gasteiger partial charge is 0.348 e. The van der Waals surface area contributed by atoms with Crippen molar-refractivity contribution in [3.8, 4) is 0 Å². The highest BCUT2D eigenvalue weighted by Gasteiger charge is 2.09. The van der Waals surface area contributed by atoms with Gasteiger partial charge in [-0.1, -0.05) is 17.7 Å². The number of hydrogen-bond donors (Lipinski definition) is 0. The van der Waals surface area contributed by atoms with Crippen molar-refractivity contribution in [1.29, 1.82) is 0 Å². The van der Waals surface area contributed by atoms with Crippen LogP contribution in [0.1, 0.15) is 17.0 Å². The zero-order chi connectivity index (χ0) is 13.3. The van der Waals surface area contributed by atoms with E-state index in [1.165, 1.54) is 0 Å². The van der Waals surface area contributed by atoms with Crippen molar-refractivity contribution >= 4 is 27.5 Å². The third-order valence-corrected chi connectivity index (χ3v) is 4.03. The predicted octanol–water partition coefficient (Wildman–Crippen LogP) is 2.72. The fourth-order valence-corrected chi connectivity index (χ4v) is 2.06. The Morgan fingerprint density at radius 2 is 2.11 bits per heavy atom. The molecule has 0 saturated carbocycles. The molecule has 0 aliphatic heterocycles. The molecule has 2 rings (SSSR count). The highest BCUT2D eigenvalue weighted by molar-refractivity contribution is 9.10. The molecule has 0 amide bonds. The van der Waals surface area contributed by atoms with Crippen molar-refractivity contribution < 1.29 is 0 Å². The Balaban J connectivity index is 2.44. The van der Waals surface area contributed by atoms with Crippen LogP contribution >= 0.6 is 27.5 Å². The van der Waals surface area contributed by atoms with Gasteiger partial charge in [0.1, 0.15) is 5.15 Å². The molecule has 94 valence electrons. The molecule has 0 aliphatic carbocycles. The minimum atomic E-state index is -0.261. The molecule has 2 aromatic rings. The summed E-state index contributed by atoms with van der Waals surface area (Å²) in [5, 5.41) is 0.436. The normalized spacial score (nSPS) is 10.7. The first-order chi connectivity index (χ1) is 8.49. The van der Waals surface area contributed by atoms with Gasteiger partial charge in [0.15, 0.2) is 0 Å². The van der Waals surface area contributed by atoms with Gasteiger partial charge in [-0.2, -0.15) is 4.98 Å². The van der Waals surface area contributed by atoms with E-state index in [1.54, 1.807) is 23.8 Å². The van der Waals surface area contributed by atoms with Gasteiger partial charge in [0.05, 0.1) is 16.7 Å². The summed E-state index contributed by atoms with van der Waals surface area (Å²) in [6.45, 7) is 4.11. The van der Waals surface area contributed by atoms with Gasteiger partial charge >= 0.3 is 5.69 Å². The van der Waals surface area contributed by atoms with Crippen molar-refractivity contribution in [3.05, 3.63) is 55.4 Å². The Kier molecular flexibility index (Phi) is 3.82. The second kappa shape index (κ2) is 5.20. The van der Waals surface area contributed by atoms with Crippen LogP contribution in [0.15, 0.2) is 27.6 Å². The fraction of sp³-hybridized carbons (Fsp3) is 0.250. The van der Waals surface area contributed by atoms with E-state index in [1.807, 2.05) is 13.0 Å². The summed E-state index contributed by atoms with van der Waals surface area (Å²) in [6.07, 6.45) is 1.65. The highest BCUT2D eigenvalue weighted by Crippen LogP contribution is 2.17. The Labute approximate surface area is 118 Å². The molecule has 6 heteroatoms. The number of pyridine rings is 1. The smallest absolute Gasteiger partial charge is 0.291 e. The lowest BCUT2D eigenvalue weighted by atomic mass is 10.2. The predicted molar refractivity (Wildman–Crippen MR) is 74.0 cm³/mol. The van der Waals surface area contributed by atoms with Crippen LogP contribution in [0.4, 0.5) is 0 Å². The molecule has 0 bridgehead atoms. The van der Waals surface area contributed by atoms with Gasteiger partial charge in [-0.05, 0) is 41.4 Å². The quantitative estimate of drug-likeness (QED) is 0.796. The van der Waals surface area contributed by atoms with Gasteiger partial charge < -0.3 is 0 Å². The molecule has 4 nitrogen and oxygen atoms in total. The SMILES string of the molecule is Cc1nc(=O)n(Cc2ccc(Cl)nc2)c(C)c1Br. The molecule has 0 aromatic carbocycles. The molecule has 2 heterocycles. The number of hydrogen-bond acceptors (Lipinski definition) is 3. The first-order valence-corrected chi connectivity index (χ1v) is 6.50. The van der Waals surface area contributed by atoms with Crippen molar-refractivity contribution in [1.82, 2.24) is 14.5 Å². The van der Waals surface area contributed by atoms with Crippen LogP contribution in [0.25, 0.3) is 0 Å². The summed E-state index contributed by atoms with van der Waals surface area (Å²) in [7, 11) is 0. The van der Waals surface area contributed by atoms with Crippen molar-refractivity contribution in [2.75, 3.05) is 0 Å². The van der Waals surface area contributed by atoms with Crippen LogP contribution in [-0.4, -0.2) is 14.5 Å². The zero-order valence-electron chi connectivity index (χ0n) is 9.94. The number of aryl methyl sites for hydroxylation is 1. The minimum absolute atomic E-state index is 0.261. The van der Waals surface area contributed by atoms with E-state index >= 15 is 0 Å². The third-order valence-electron chi connectivity index (χ3n) is 2.66. The van der Waals surface area contributed by atoms with E-state index in [2.05, 4.69) is 25.9 Å². The third kappa shape index (κ3) is 2.62. The first kappa shape index (κ1) is 13.2. The maximum absolute atomic E-state index is 11.9. The van der Waals surface area contributed by atoms with E-state index in [9.17, 15) is 4.79 Å². The molecule has 0 unspecified atom stereocenters. The minimum Gasteiger partial charge on any atom is -0.291 e. The van der Waals surface area contributed by atoms with Crippen LogP contribution < -0.4 is 5.69 Å². The standard InChI is InChI=1S/C12H11BrClN3O/c1-7-11(13)8(2)17(12(18)16-7)6-9-3-4-10(14)15-5-9/h3-5H,6H2,1-2H3. The van der Waals surface area contributed by atoms with Crippen LogP contribution in [0.5, 0.6) is 0 Å². The highest BCUT2D eigenvalue weighted by atomic mass is 79.9. The molecule has 0 aliphatic rings. The second-order valence-electron chi connectivity index (χ2n) is 3.95. The van der Waals surface area contributed by atoms with Gasteiger partial charge in [-0.25, -0.2) is 9.78 Å². The molecule has 0 spiro atoms. The molecule has 2 aromatic heterocycles. The lowest BCUT2D eigenvalue weighted by Gasteiger charge is -2.11. The van der Waals surface area contributed by atoms with E-state index in [0.717, 1.165) is 15.7 Å². The number of halogens is 2. The summed E-state index contributed by atoms with van der Waals surface area (Å²) < 4.78 is 2.45. The number of rotatable bonds is 2. The van der Waals surface area contributed by atoms with Crippen LogP contribution in [0, 0.1) is 13.8 Å². The summed E-state index contributed by atoms with van der Waals surface area (Å²) in [6, 6.07) is 3.54.